The molecule has 0 saturated heterocycles. The van der Waals surface area contributed by atoms with Gasteiger partial charge < -0.3 is 20.6 Å². The molecule has 0 bridgehead atoms. The van der Waals surface area contributed by atoms with Crippen LogP contribution in [-0.2, 0) is 16.1 Å². The quantitative estimate of drug-likeness (QED) is 0.519. The predicted molar refractivity (Wildman–Crippen MR) is 108 cm³/mol. The van der Waals surface area contributed by atoms with Gasteiger partial charge in [0.05, 0.1) is 5.69 Å². The average molecular weight is 427 g/mol. The van der Waals surface area contributed by atoms with Gasteiger partial charge in [-0.2, -0.15) is 0 Å². The second kappa shape index (κ2) is 8.61. The average Bonchev–Trinajstić information content (AvgIpc) is 2.75. The lowest BCUT2D eigenvalue weighted by molar-refractivity contribution is -0.141. The molecule has 0 aliphatic carbocycles. The van der Waals surface area contributed by atoms with Gasteiger partial charge in [-0.05, 0) is 29.8 Å². The molecule has 3 N–H and O–H groups in total. The van der Waals surface area contributed by atoms with Crippen LogP contribution in [0.4, 0.5) is 10.1 Å². The van der Waals surface area contributed by atoms with Crippen molar-refractivity contribution in [1.82, 2.24) is 19.6 Å². The minimum Gasteiger partial charge on any atom is -0.501 e. The minimum absolute atomic E-state index is 0.0322. The first kappa shape index (κ1) is 21.4. The molecular weight excluding hydrogens is 409 g/mol. The zero-order valence-corrected chi connectivity index (χ0v) is 16.5. The van der Waals surface area contributed by atoms with Gasteiger partial charge in [-0.25, -0.2) is 9.37 Å². The normalized spacial score (nSPS) is 10.5. The third-order valence-corrected chi connectivity index (χ3v) is 4.24. The van der Waals surface area contributed by atoms with Crippen molar-refractivity contribution in [3.63, 3.8) is 0 Å². The molecule has 3 amide bonds. The minimum atomic E-state index is -0.938. The van der Waals surface area contributed by atoms with Gasteiger partial charge in [0.2, 0.25) is 5.75 Å². The fourth-order valence-electron chi connectivity index (χ4n) is 2.62. The lowest BCUT2D eigenvalue weighted by atomic mass is 10.2. The first-order valence-electron chi connectivity index (χ1n) is 8.98. The summed E-state index contributed by atoms with van der Waals surface area (Å²) >= 11 is 0. The van der Waals surface area contributed by atoms with Gasteiger partial charge in [-0.15, -0.1) is 0 Å². The Bertz CT molecular complexity index is 1240. The summed E-state index contributed by atoms with van der Waals surface area (Å²) in [7, 11) is 2.83. The number of aromatic nitrogens is 2. The molecule has 0 aliphatic rings. The molecule has 0 unspecified atom stereocenters. The standard InChI is InChI=1S/C20H18FN5O5/c1-25(2)20(31)18(29)23-13-7-8-14-24-15(16(27)19(30)26(14)10-13)17(28)22-9-11-3-5-12(21)6-4-11/h3-8,10,27H,9H2,1-2H3,(H,22,28)(H,23,29). The van der Waals surface area contributed by atoms with Crippen molar-refractivity contribution in [3.05, 3.63) is 70.0 Å². The Hall–Kier alpha value is -4.28. The first-order valence-corrected chi connectivity index (χ1v) is 8.98. The Kier molecular flexibility index (Phi) is 5.95. The number of anilines is 1. The van der Waals surface area contributed by atoms with Crippen LogP contribution in [0, 0.1) is 5.82 Å². The molecule has 3 rings (SSSR count). The zero-order chi connectivity index (χ0) is 22.7. The number of pyridine rings is 1. The number of aromatic hydroxyl groups is 1. The van der Waals surface area contributed by atoms with Crippen LogP contribution < -0.4 is 16.2 Å². The summed E-state index contributed by atoms with van der Waals surface area (Å²) in [6, 6.07) is 8.17. The van der Waals surface area contributed by atoms with Crippen LogP contribution in [0.25, 0.3) is 5.65 Å². The van der Waals surface area contributed by atoms with Gasteiger partial charge in [0.15, 0.2) is 5.69 Å². The number of hydrogen-bond donors (Lipinski definition) is 3. The summed E-state index contributed by atoms with van der Waals surface area (Å²) in [5.74, 6) is -3.80. The molecule has 0 saturated carbocycles. The number of halogens is 1. The maximum absolute atomic E-state index is 13.0. The third kappa shape index (κ3) is 4.66. The van der Waals surface area contributed by atoms with E-state index in [-0.39, 0.29) is 17.9 Å². The second-order valence-corrected chi connectivity index (χ2v) is 6.72. The van der Waals surface area contributed by atoms with E-state index in [1.807, 2.05) is 0 Å². The number of carbonyl (C=O) groups excluding carboxylic acids is 3. The van der Waals surface area contributed by atoms with Gasteiger partial charge >= 0.3 is 17.4 Å². The fourth-order valence-corrected chi connectivity index (χ4v) is 2.62. The van der Waals surface area contributed by atoms with Crippen molar-refractivity contribution in [2.75, 3.05) is 19.4 Å². The van der Waals surface area contributed by atoms with Gasteiger partial charge in [0.1, 0.15) is 11.5 Å². The molecule has 11 heteroatoms. The van der Waals surface area contributed by atoms with Gasteiger partial charge in [0, 0.05) is 26.8 Å². The molecule has 0 atom stereocenters. The van der Waals surface area contributed by atoms with Crippen LogP contribution >= 0.6 is 0 Å². The molecule has 0 spiro atoms. The van der Waals surface area contributed by atoms with Crippen LogP contribution in [-0.4, -0.2) is 51.2 Å². The zero-order valence-electron chi connectivity index (χ0n) is 16.5. The van der Waals surface area contributed by atoms with Crippen molar-refractivity contribution in [1.29, 1.82) is 0 Å². The lowest BCUT2D eigenvalue weighted by Crippen LogP contribution is -2.34. The van der Waals surface area contributed by atoms with Crippen LogP contribution in [0.15, 0.2) is 47.4 Å². The SMILES string of the molecule is CN(C)C(=O)C(=O)Nc1ccc2nc(C(=O)NCc3ccc(F)cc3)c(O)c(=O)n2c1. The Morgan fingerprint density at radius 2 is 1.81 bits per heavy atom. The number of amides is 3. The monoisotopic (exact) mass is 427 g/mol. The summed E-state index contributed by atoms with van der Waals surface area (Å²) in [6.45, 7) is 0.0322. The molecule has 10 nitrogen and oxygen atoms in total. The van der Waals surface area contributed by atoms with Crippen LogP contribution in [0.2, 0.25) is 0 Å². The molecule has 2 heterocycles. The molecule has 0 radical (unpaired) electrons. The summed E-state index contributed by atoms with van der Waals surface area (Å²) in [6.07, 6.45) is 1.17. The topological polar surface area (TPSA) is 133 Å². The van der Waals surface area contributed by atoms with Gasteiger partial charge in [0.25, 0.3) is 5.91 Å². The number of benzene rings is 1. The van der Waals surface area contributed by atoms with E-state index in [0.717, 1.165) is 9.30 Å². The number of likely N-dealkylation sites (N-methyl/N-ethyl adjacent to an activating group) is 1. The molecule has 31 heavy (non-hydrogen) atoms. The maximum atomic E-state index is 13.0. The highest BCUT2D eigenvalue weighted by Crippen LogP contribution is 2.14. The summed E-state index contributed by atoms with van der Waals surface area (Å²) in [4.78, 5) is 53.5. The number of rotatable bonds is 4. The van der Waals surface area contributed by atoms with Crippen LogP contribution in [0.5, 0.6) is 5.75 Å². The largest absolute Gasteiger partial charge is 0.501 e. The highest BCUT2D eigenvalue weighted by atomic mass is 19.1. The van der Waals surface area contributed by atoms with Gasteiger partial charge in [-0.3, -0.25) is 23.6 Å². The lowest BCUT2D eigenvalue weighted by Gasteiger charge is -2.11. The molecule has 1 aromatic carbocycles. The van der Waals surface area contributed by atoms with E-state index in [1.54, 1.807) is 0 Å². The van der Waals surface area contributed by atoms with E-state index in [0.29, 0.717) is 5.56 Å². The van der Waals surface area contributed by atoms with Crippen molar-refractivity contribution >= 4 is 29.1 Å². The van der Waals surface area contributed by atoms with E-state index in [2.05, 4.69) is 15.6 Å². The molecule has 3 aromatic rings. The molecule has 160 valence electrons. The van der Waals surface area contributed by atoms with Crippen molar-refractivity contribution < 1.29 is 23.9 Å². The van der Waals surface area contributed by atoms with Crippen LogP contribution in [0.3, 0.4) is 0 Å². The van der Waals surface area contributed by atoms with Crippen molar-refractivity contribution in [2.24, 2.45) is 0 Å². The molecule has 0 fully saturated rings. The molecule has 2 aromatic heterocycles. The predicted octanol–water partition coefficient (Wildman–Crippen LogP) is 0.496. The molecular formula is C20H18FN5O5. The Morgan fingerprint density at radius 1 is 1.13 bits per heavy atom. The summed E-state index contributed by atoms with van der Waals surface area (Å²) in [5.41, 5.74) is -0.658. The maximum Gasteiger partial charge on any atom is 0.313 e. The van der Waals surface area contributed by atoms with E-state index < -0.39 is 40.5 Å². The summed E-state index contributed by atoms with van der Waals surface area (Å²) in [5, 5.41) is 15.0. The van der Waals surface area contributed by atoms with E-state index in [9.17, 15) is 28.7 Å². The number of hydrogen-bond acceptors (Lipinski definition) is 6. The number of carbonyl (C=O) groups is 3. The summed E-state index contributed by atoms with van der Waals surface area (Å²) < 4.78 is 13.9. The number of nitrogens with one attached hydrogen (secondary N) is 2. The highest BCUT2D eigenvalue weighted by molar-refractivity contribution is 6.39. The van der Waals surface area contributed by atoms with Crippen molar-refractivity contribution in [2.45, 2.75) is 6.54 Å². The third-order valence-electron chi connectivity index (χ3n) is 4.24. The van der Waals surface area contributed by atoms with E-state index in [1.165, 1.54) is 56.7 Å². The van der Waals surface area contributed by atoms with E-state index >= 15 is 0 Å². The number of nitrogens with zero attached hydrogens (tertiary/aromatic N) is 3. The van der Waals surface area contributed by atoms with Crippen LogP contribution in [0.1, 0.15) is 16.1 Å². The van der Waals surface area contributed by atoms with Crippen molar-refractivity contribution in [3.8, 4) is 5.75 Å². The first-order chi connectivity index (χ1) is 14.7. The Labute approximate surface area is 174 Å². The smallest absolute Gasteiger partial charge is 0.313 e. The Balaban J connectivity index is 1.84. The Morgan fingerprint density at radius 3 is 2.45 bits per heavy atom. The van der Waals surface area contributed by atoms with E-state index in [4.69, 9.17) is 0 Å². The number of fused-ring (bicyclic) bond motifs is 1. The second-order valence-electron chi connectivity index (χ2n) is 6.72. The fraction of sp³-hybridized carbons (Fsp3) is 0.150. The van der Waals surface area contributed by atoms with Gasteiger partial charge in [-0.1, -0.05) is 12.1 Å². The molecule has 0 aliphatic heterocycles. The highest BCUT2D eigenvalue weighted by Gasteiger charge is 2.20.